The molecule has 6 nitrogen and oxygen atoms in total. The molecule has 160 valence electrons. The van der Waals surface area contributed by atoms with Crippen LogP contribution in [0.2, 0.25) is 0 Å². The smallest absolute Gasteiger partial charge is 0.303 e. The van der Waals surface area contributed by atoms with Gasteiger partial charge in [0.05, 0.1) is 17.6 Å². The second kappa shape index (κ2) is 10.0. The molecule has 1 N–H and O–H groups in total. The van der Waals surface area contributed by atoms with E-state index in [4.69, 9.17) is 9.47 Å². The third-order valence-electron chi connectivity index (χ3n) is 4.85. The van der Waals surface area contributed by atoms with Crippen molar-refractivity contribution in [2.75, 3.05) is 0 Å². The summed E-state index contributed by atoms with van der Waals surface area (Å²) in [6.45, 7) is 3.66. The maximum absolute atomic E-state index is 12.8. The normalized spacial score (nSPS) is 21.7. The minimum Gasteiger partial charge on any atom is -0.458 e. The second-order valence-corrected chi connectivity index (χ2v) is 9.18. The Morgan fingerprint density at radius 1 is 1.03 bits per heavy atom. The van der Waals surface area contributed by atoms with Crippen LogP contribution in [0.1, 0.15) is 30.9 Å². The molecule has 0 fully saturated rings. The van der Waals surface area contributed by atoms with E-state index < -0.39 is 22.2 Å². The quantitative estimate of drug-likeness (QED) is 0.538. The Balaban J connectivity index is 1.73. The van der Waals surface area contributed by atoms with E-state index in [0.717, 1.165) is 11.1 Å². The molecule has 2 aromatic rings. The zero-order valence-corrected chi connectivity index (χ0v) is 18.0. The van der Waals surface area contributed by atoms with Crippen molar-refractivity contribution < 1.29 is 22.7 Å². The summed E-state index contributed by atoms with van der Waals surface area (Å²) in [6.07, 6.45) is 3.63. The van der Waals surface area contributed by atoms with Crippen molar-refractivity contribution in [3.63, 3.8) is 0 Å². The van der Waals surface area contributed by atoms with Crippen LogP contribution >= 0.6 is 0 Å². The number of rotatable bonds is 7. The van der Waals surface area contributed by atoms with Crippen LogP contribution in [0.15, 0.2) is 71.6 Å². The van der Waals surface area contributed by atoms with E-state index in [2.05, 4.69) is 4.72 Å². The van der Waals surface area contributed by atoms with E-state index >= 15 is 0 Å². The third kappa shape index (κ3) is 6.52. The Bertz CT molecular complexity index is 970. The van der Waals surface area contributed by atoms with Crippen LogP contribution in [0.5, 0.6) is 0 Å². The van der Waals surface area contributed by atoms with Gasteiger partial charge in [-0.25, -0.2) is 13.1 Å². The summed E-state index contributed by atoms with van der Waals surface area (Å²) in [6, 6.07) is 16.0. The first-order valence-corrected chi connectivity index (χ1v) is 11.4. The summed E-state index contributed by atoms with van der Waals surface area (Å²) in [5.41, 5.74) is 2.01. The van der Waals surface area contributed by atoms with Crippen molar-refractivity contribution in [1.82, 2.24) is 4.72 Å². The van der Waals surface area contributed by atoms with E-state index in [0.29, 0.717) is 19.4 Å². The van der Waals surface area contributed by atoms with Gasteiger partial charge < -0.3 is 9.47 Å². The van der Waals surface area contributed by atoms with Crippen molar-refractivity contribution in [3.8, 4) is 0 Å². The van der Waals surface area contributed by atoms with Crippen LogP contribution in [0.4, 0.5) is 0 Å². The molecule has 1 aliphatic carbocycles. The lowest BCUT2D eigenvalue weighted by Gasteiger charge is -2.22. The van der Waals surface area contributed by atoms with E-state index in [1.807, 2.05) is 37.3 Å². The molecule has 7 heteroatoms. The summed E-state index contributed by atoms with van der Waals surface area (Å²) >= 11 is 0. The first kappa shape index (κ1) is 22.2. The van der Waals surface area contributed by atoms with Gasteiger partial charge in [0, 0.05) is 19.4 Å². The monoisotopic (exact) mass is 429 g/mol. The Kier molecular flexibility index (Phi) is 7.42. The average Bonchev–Trinajstić information content (AvgIpc) is 2.88. The number of carbonyl (C=O) groups is 1. The Hall–Kier alpha value is -2.48. The van der Waals surface area contributed by atoms with Gasteiger partial charge in [0.15, 0.2) is 0 Å². The van der Waals surface area contributed by atoms with Gasteiger partial charge in [-0.15, -0.1) is 0 Å². The number of hydrogen-bond acceptors (Lipinski definition) is 5. The molecule has 0 spiro atoms. The van der Waals surface area contributed by atoms with Gasteiger partial charge in [0.2, 0.25) is 10.0 Å². The number of esters is 1. The highest BCUT2D eigenvalue weighted by atomic mass is 32.2. The molecule has 0 aliphatic heterocycles. The van der Waals surface area contributed by atoms with Crippen molar-refractivity contribution in [1.29, 1.82) is 0 Å². The van der Waals surface area contributed by atoms with Gasteiger partial charge in [-0.1, -0.05) is 54.1 Å². The standard InChI is InChI=1S/C23H27NO5S/c1-17-8-12-23(13-9-17)30(26,27)24-20-10-11-21(29-18(2)25)15-22(14-20)28-16-19-6-4-3-5-7-19/h3-13,20-22,24H,14-16H2,1-2H3/t20-,21-,22-/m1/s1. The largest absolute Gasteiger partial charge is 0.458 e. The summed E-state index contributed by atoms with van der Waals surface area (Å²) in [5.74, 6) is -0.384. The molecule has 0 bridgehead atoms. The number of ether oxygens (including phenoxy) is 2. The lowest BCUT2D eigenvalue weighted by atomic mass is 10.1. The number of carbonyl (C=O) groups excluding carboxylic acids is 1. The molecule has 0 aromatic heterocycles. The van der Waals surface area contributed by atoms with Crippen LogP contribution in [-0.4, -0.2) is 32.6 Å². The minimum atomic E-state index is -3.69. The molecule has 0 amide bonds. The van der Waals surface area contributed by atoms with E-state index in [1.165, 1.54) is 6.92 Å². The SMILES string of the molecule is CC(=O)O[C@@H]1C=C[C@@H](NS(=O)(=O)c2ccc(C)cc2)C[C@@H](OCc2ccccc2)C1. The van der Waals surface area contributed by atoms with Crippen LogP contribution in [0.3, 0.4) is 0 Å². The van der Waals surface area contributed by atoms with E-state index in [1.54, 1.807) is 36.4 Å². The Morgan fingerprint density at radius 2 is 1.73 bits per heavy atom. The summed E-state index contributed by atoms with van der Waals surface area (Å²) < 4.78 is 39.7. The van der Waals surface area contributed by atoms with Gasteiger partial charge in [-0.2, -0.15) is 0 Å². The Morgan fingerprint density at radius 3 is 2.40 bits per heavy atom. The molecule has 0 unspecified atom stereocenters. The lowest BCUT2D eigenvalue weighted by molar-refractivity contribution is -0.145. The van der Waals surface area contributed by atoms with Crippen LogP contribution in [0, 0.1) is 6.92 Å². The second-order valence-electron chi connectivity index (χ2n) is 7.46. The van der Waals surface area contributed by atoms with Gasteiger partial charge in [-0.3, -0.25) is 4.79 Å². The number of hydrogen-bond donors (Lipinski definition) is 1. The number of nitrogens with one attached hydrogen (secondary N) is 1. The molecular formula is C23H27NO5S. The molecule has 2 aromatic carbocycles. The first-order chi connectivity index (χ1) is 14.3. The molecule has 0 saturated heterocycles. The molecule has 0 heterocycles. The number of sulfonamides is 1. The fourth-order valence-electron chi connectivity index (χ4n) is 3.35. The summed E-state index contributed by atoms with van der Waals surface area (Å²) in [7, 11) is -3.69. The lowest BCUT2D eigenvalue weighted by Crippen LogP contribution is -2.36. The van der Waals surface area contributed by atoms with Crippen molar-refractivity contribution in [3.05, 3.63) is 77.9 Å². The highest BCUT2D eigenvalue weighted by molar-refractivity contribution is 7.89. The minimum absolute atomic E-state index is 0.212. The summed E-state index contributed by atoms with van der Waals surface area (Å²) in [4.78, 5) is 11.6. The number of aryl methyl sites for hydroxylation is 1. The first-order valence-electron chi connectivity index (χ1n) is 9.92. The molecule has 0 radical (unpaired) electrons. The predicted molar refractivity (Wildman–Crippen MR) is 114 cm³/mol. The maximum atomic E-state index is 12.8. The van der Waals surface area contributed by atoms with Crippen molar-refractivity contribution in [2.24, 2.45) is 0 Å². The Labute approximate surface area is 178 Å². The average molecular weight is 430 g/mol. The van der Waals surface area contributed by atoms with Gasteiger partial charge in [0.25, 0.3) is 0 Å². The fourth-order valence-corrected chi connectivity index (χ4v) is 4.55. The molecule has 0 saturated carbocycles. The van der Waals surface area contributed by atoms with Gasteiger partial charge in [-0.05, 0) is 37.1 Å². The maximum Gasteiger partial charge on any atom is 0.303 e. The molecule has 30 heavy (non-hydrogen) atoms. The van der Waals surface area contributed by atoms with Gasteiger partial charge in [0.1, 0.15) is 6.10 Å². The topological polar surface area (TPSA) is 81.7 Å². The van der Waals surface area contributed by atoms with Crippen LogP contribution in [0.25, 0.3) is 0 Å². The third-order valence-corrected chi connectivity index (χ3v) is 6.36. The van der Waals surface area contributed by atoms with Crippen molar-refractivity contribution in [2.45, 2.75) is 56.4 Å². The van der Waals surface area contributed by atoms with Crippen LogP contribution < -0.4 is 4.72 Å². The molecule has 3 rings (SSSR count). The summed E-state index contributed by atoms with van der Waals surface area (Å²) in [5, 5.41) is 0. The zero-order chi connectivity index (χ0) is 21.6. The highest BCUT2D eigenvalue weighted by Gasteiger charge is 2.27. The molecule has 3 atom stereocenters. The fraction of sp³-hybridized carbons (Fsp3) is 0.348. The van der Waals surface area contributed by atoms with E-state index in [9.17, 15) is 13.2 Å². The molecular weight excluding hydrogens is 402 g/mol. The van der Waals surface area contributed by atoms with Crippen molar-refractivity contribution >= 4 is 16.0 Å². The van der Waals surface area contributed by atoms with Gasteiger partial charge >= 0.3 is 5.97 Å². The highest BCUT2D eigenvalue weighted by Crippen LogP contribution is 2.22. The number of benzene rings is 2. The zero-order valence-electron chi connectivity index (χ0n) is 17.2. The predicted octanol–water partition coefficient (Wildman–Crippen LogP) is 3.51. The van der Waals surface area contributed by atoms with Crippen LogP contribution in [-0.2, 0) is 30.9 Å². The van der Waals surface area contributed by atoms with E-state index in [-0.39, 0.29) is 17.0 Å². The molecule has 1 aliphatic rings.